The fraction of sp³-hybridized carbons (Fsp3) is 0.364. The molecule has 0 fully saturated rings. The van der Waals surface area contributed by atoms with Crippen molar-refractivity contribution in [1.29, 1.82) is 0 Å². The Morgan fingerprint density at radius 3 is 2.87 bits per heavy atom. The van der Waals surface area contributed by atoms with Gasteiger partial charge in [0.1, 0.15) is 0 Å². The van der Waals surface area contributed by atoms with Gasteiger partial charge in [0, 0.05) is 12.4 Å². The number of hydrogen-bond donors (Lipinski definition) is 3. The zero-order chi connectivity index (χ0) is 10.8. The third-order valence-corrected chi connectivity index (χ3v) is 2.65. The van der Waals surface area contributed by atoms with E-state index >= 15 is 0 Å². The predicted molar refractivity (Wildman–Crippen MR) is 61.3 cm³/mol. The zero-order valence-corrected chi connectivity index (χ0v) is 8.98. The Morgan fingerprint density at radius 1 is 1.33 bits per heavy atom. The summed E-state index contributed by atoms with van der Waals surface area (Å²) in [6.45, 7) is 2.86. The summed E-state index contributed by atoms with van der Waals surface area (Å²) in [5.74, 6) is 0. The van der Waals surface area contributed by atoms with Gasteiger partial charge in [-0.3, -0.25) is 4.79 Å². The van der Waals surface area contributed by atoms with Crippen molar-refractivity contribution in [3.63, 3.8) is 0 Å². The number of nitrogens with one attached hydrogen (secondary N) is 3. The number of likely N-dealkylation sites (N-methyl/N-ethyl adjacent to an activating group) is 1. The van der Waals surface area contributed by atoms with Gasteiger partial charge in [0.25, 0.3) is 5.56 Å². The molecule has 2 heterocycles. The summed E-state index contributed by atoms with van der Waals surface area (Å²) < 4.78 is 0. The molecule has 3 N–H and O–H groups in total. The largest absolute Gasteiger partial charge is 0.360 e. The summed E-state index contributed by atoms with van der Waals surface area (Å²) in [5.41, 5.74) is 3.08. The molecule has 2 rings (SSSR count). The third-order valence-electron chi connectivity index (χ3n) is 2.65. The molecule has 0 unspecified atom stereocenters. The number of rotatable bonds is 3. The molecule has 0 bridgehead atoms. The number of aryl methyl sites for hydroxylation is 1. The van der Waals surface area contributed by atoms with Gasteiger partial charge in [0.05, 0.1) is 10.9 Å². The topological polar surface area (TPSA) is 60.7 Å². The van der Waals surface area contributed by atoms with Crippen LogP contribution in [-0.2, 0) is 6.42 Å². The summed E-state index contributed by atoms with van der Waals surface area (Å²) in [4.78, 5) is 17.6. The van der Waals surface area contributed by atoms with E-state index in [4.69, 9.17) is 0 Å². The van der Waals surface area contributed by atoms with Gasteiger partial charge in [-0.05, 0) is 38.1 Å². The highest BCUT2D eigenvalue weighted by molar-refractivity contribution is 5.84. The van der Waals surface area contributed by atoms with Crippen molar-refractivity contribution in [2.45, 2.75) is 13.3 Å². The van der Waals surface area contributed by atoms with Crippen molar-refractivity contribution in [2.75, 3.05) is 13.6 Å². The molecule has 0 atom stereocenters. The van der Waals surface area contributed by atoms with Crippen LogP contribution in [0.4, 0.5) is 0 Å². The molecule has 0 amide bonds. The van der Waals surface area contributed by atoms with E-state index in [1.165, 1.54) is 0 Å². The Morgan fingerprint density at radius 2 is 2.13 bits per heavy atom. The van der Waals surface area contributed by atoms with Gasteiger partial charge in [0.2, 0.25) is 0 Å². The van der Waals surface area contributed by atoms with Crippen LogP contribution in [0, 0.1) is 6.92 Å². The second-order valence-electron chi connectivity index (χ2n) is 3.72. The summed E-state index contributed by atoms with van der Waals surface area (Å²) >= 11 is 0. The van der Waals surface area contributed by atoms with Crippen LogP contribution in [0.2, 0.25) is 0 Å². The number of aromatic nitrogens is 2. The molecular formula is C11H15N3O. The van der Waals surface area contributed by atoms with Crippen LogP contribution in [0.1, 0.15) is 11.1 Å². The molecule has 0 aliphatic rings. The first kappa shape index (κ1) is 9.98. The molecule has 0 aromatic carbocycles. The number of aromatic amines is 2. The van der Waals surface area contributed by atoms with E-state index in [1.807, 2.05) is 20.2 Å². The number of hydrogen-bond acceptors (Lipinski definition) is 2. The minimum atomic E-state index is -0.0112. The van der Waals surface area contributed by atoms with Gasteiger partial charge < -0.3 is 15.3 Å². The molecule has 80 valence electrons. The maximum absolute atomic E-state index is 11.7. The van der Waals surface area contributed by atoms with Gasteiger partial charge in [-0.15, -0.1) is 0 Å². The number of pyridine rings is 1. The van der Waals surface area contributed by atoms with Crippen molar-refractivity contribution in [3.05, 3.63) is 33.9 Å². The molecule has 0 saturated carbocycles. The van der Waals surface area contributed by atoms with Gasteiger partial charge in [-0.25, -0.2) is 0 Å². The van der Waals surface area contributed by atoms with E-state index < -0.39 is 0 Å². The molecule has 0 aliphatic carbocycles. The van der Waals surface area contributed by atoms with Gasteiger partial charge in [0.15, 0.2) is 0 Å². The Labute approximate surface area is 87.7 Å². The van der Waals surface area contributed by atoms with Crippen LogP contribution in [-0.4, -0.2) is 23.6 Å². The standard InChI is InChI=1S/C11H15N3O/c1-7-5-14-11(15)9-8(3-4-12-2)6-13-10(7)9/h5-6,12-13H,3-4H2,1-2H3,(H,14,15). The molecule has 4 heteroatoms. The normalized spacial score (nSPS) is 11.1. The van der Waals surface area contributed by atoms with Crippen LogP contribution in [0.3, 0.4) is 0 Å². The Hall–Kier alpha value is -1.55. The van der Waals surface area contributed by atoms with Crippen molar-refractivity contribution in [1.82, 2.24) is 15.3 Å². The van der Waals surface area contributed by atoms with Crippen LogP contribution in [0.25, 0.3) is 10.9 Å². The molecular weight excluding hydrogens is 190 g/mol. The van der Waals surface area contributed by atoms with E-state index in [1.54, 1.807) is 6.20 Å². The van der Waals surface area contributed by atoms with Crippen LogP contribution in [0.5, 0.6) is 0 Å². The first-order valence-corrected chi connectivity index (χ1v) is 5.07. The fourth-order valence-corrected chi connectivity index (χ4v) is 1.81. The Kier molecular flexibility index (Phi) is 2.60. The predicted octanol–water partition coefficient (Wildman–Crippen LogP) is 0.927. The van der Waals surface area contributed by atoms with Gasteiger partial charge >= 0.3 is 0 Å². The highest BCUT2D eigenvalue weighted by Crippen LogP contribution is 2.16. The number of fused-ring (bicyclic) bond motifs is 1. The molecule has 0 radical (unpaired) electrons. The second-order valence-corrected chi connectivity index (χ2v) is 3.72. The zero-order valence-electron chi connectivity index (χ0n) is 8.98. The van der Waals surface area contributed by atoms with E-state index in [2.05, 4.69) is 15.3 Å². The fourth-order valence-electron chi connectivity index (χ4n) is 1.81. The maximum Gasteiger partial charge on any atom is 0.257 e. The molecule has 0 spiro atoms. The highest BCUT2D eigenvalue weighted by atomic mass is 16.1. The molecule has 2 aromatic rings. The van der Waals surface area contributed by atoms with Crippen molar-refractivity contribution >= 4 is 10.9 Å². The van der Waals surface area contributed by atoms with Crippen LogP contribution in [0.15, 0.2) is 17.2 Å². The average molecular weight is 205 g/mol. The molecule has 0 saturated heterocycles. The quantitative estimate of drug-likeness (QED) is 0.698. The van der Waals surface area contributed by atoms with Crippen molar-refractivity contribution < 1.29 is 0 Å². The van der Waals surface area contributed by atoms with E-state index in [0.29, 0.717) is 0 Å². The molecule has 0 aliphatic heterocycles. The minimum Gasteiger partial charge on any atom is -0.360 e. The lowest BCUT2D eigenvalue weighted by atomic mass is 10.1. The maximum atomic E-state index is 11.7. The number of H-pyrrole nitrogens is 2. The molecule has 15 heavy (non-hydrogen) atoms. The van der Waals surface area contributed by atoms with Crippen LogP contribution >= 0.6 is 0 Å². The molecule has 4 nitrogen and oxygen atoms in total. The SMILES string of the molecule is CNCCc1c[nH]c2c(C)c[nH]c(=O)c12. The van der Waals surface area contributed by atoms with E-state index in [9.17, 15) is 4.79 Å². The second kappa shape index (κ2) is 3.90. The summed E-state index contributed by atoms with van der Waals surface area (Å²) in [6, 6.07) is 0. The average Bonchev–Trinajstić information content (AvgIpc) is 2.65. The first-order valence-electron chi connectivity index (χ1n) is 5.07. The summed E-state index contributed by atoms with van der Waals surface area (Å²) in [5, 5.41) is 3.88. The third kappa shape index (κ3) is 1.68. The lowest BCUT2D eigenvalue weighted by Crippen LogP contribution is -2.12. The minimum absolute atomic E-state index is 0.0112. The Balaban J connectivity index is 2.58. The Bertz CT molecular complexity index is 524. The van der Waals surface area contributed by atoms with E-state index in [-0.39, 0.29) is 5.56 Å². The smallest absolute Gasteiger partial charge is 0.257 e. The van der Waals surface area contributed by atoms with Crippen molar-refractivity contribution in [3.8, 4) is 0 Å². The van der Waals surface area contributed by atoms with Crippen LogP contribution < -0.4 is 10.9 Å². The highest BCUT2D eigenvalue weighted by Gasteiger charge is 2.08. The first-order chi connectivity index (χ1) is 7.24. The van der Waals surface area contributed by atoms with Crippen molar-refractivity contribution in [2.24, 2.45) is 0 Å². The molecule has 2 aromatic heterocycles. The van der Waals surface area contributed by atoms with Gasteiger partial charge in [-0.2, -0.15) is 0 Å². The van der Waals surface area contributed by atoms with Gasteiger partial charge in [-0.1, -0.05) is 0 Å². The lowest BCUT2D eigenvalue weighted by Gasteiger charge is -1.98. The summed E-state index contributed by atoms with van der Waals surface area (Å²) in [6.07, 6.45) is 4.52. The van der Waals surface area contributed by atoms with E-state index in [0.717, 1.165) is 35.0 Å². The summed E-state index contributed by atoms with van der Waals surface area (Å²) in [7, 11) is 1.91. The lowest BCUT2D eigenvalue weighted by molar-refractivity contribution is 0.794. The monoisotopic (exact) mass is 205 g/mol.